The molecule has 0 aliphatic rings. The Labute approximate surface area is 126 Å². The predicted molar refractivity (Wildman–Crippen MR) is 80.2 cm³/mol. The number of benzene rings is 2. The minimum absolute atomic E-state index is 0.207. The minimum Gasteiger partial charge on any atom is -0.495 e. The van der Waals surface area contributed by atoms with Gasteiger partial charge < -0.3 is 15.8 Å². The summed E-state index contributed by atoms with van der Waals surface area (Å²) >= 11 is 6.02. The van der Waals surface area contributed by atoms with E-state index in [0.29, 0.717) is 17.3 Å². The maximum Gasteiger partial charge on any atom is 0.248 e. The van der Waals surface area contributed by atoms with E-state index in [0.717, 1.165) is 5.56 Å². The molecule has 4 nitrogen and oxygen atoms in total. The average molecular weight is 309 g/mol. The van der Waals surface area contributed by atoms with Crippen LogP contribution in [0.1, 0.15) is 15.9 Å². The molecule has 0 saturated heterocycles. The van der Waals surface area contributed by atoms with Crippen molar-refractivity contribution < 1.29 is 13.9 Å². The van der Waals surface area contributed by atoms with Crippen molar-refractivity contribution in [2.24, 2.45) is 5.73 Å². The Hall–Kier alpha value is -2.27. The first-order valence-corrected chi connectivity index (χ1v) is 6.54. The molecule has 110 valence electrons. The fourth-order valence-electron chi connectivity index (χ4n) is 1.83. The quantitative estimate of drug-likeness (QED) is 0.891. The van der Waals surface area contributed by atoms with E-state index < -0.39 is 11.7 Å². The Balaban J connectivity index is 2.14. The summed E-state index contributed by atoms with van der Waals surface area (Å²) in [6.07, 6.45) is 0. The Morgan fingerprint density at radius 3 is 2.71 bits per heavy atom. The molecule has 0 spiro atoms. The highest BCUT2D eigenvalue weighted by Gasteiger charge is 2.07. The second kappa shape index (κ2) is 6.45. The molecular weight excluding hydrogens is 295 g/mol. The standard InChI is InChI=1S/C15H14ClFN2O2/c1-21-14-5-2-9(6-11(14)16)8-19-13-7-10(15(18)20)3-4-12(13)17/h2-7,19H,8H2,1H3,(H2,18,20). The first kappa shape index (κ1) is 15.1. The van der Waals surface area contributed by atoms with E-state index in [9.17, 15) is 9.18 Å². The fraction of sp³-hybridized carbons (Fsp3) is 0.133. The van der Waals surface area contributed by atoms with Crippen molar-refractivity contribution in [2.75, 3.05) is 12.4 Å². The van der Waals surface area contributed by atoms with Crippen LogP contribution < -0.4 is 15.8 Å². The second-order valence-electron chi connectivity index (χ2n) is 4.38. The summed E-state index contributed by atoms with van der Waals surface area (Å²) in [7, 11) is 1.53. The monoisotopic (exact) mass is 308 g/mol. The number of carbonyl (C=O) groups excluding carboxylic acids is 1. The Morgan fingerprint density at radius 1 is 1.33 bits per heavy atom. The Bertz CT molecular complexity index is 677. The summed E-state index contributed by atoms with van der Waals surface area (Å²) in [4.78, 5) is 11.1. The van der Waals surface area contributed by atoms with Gasteiger partial charge in [0.25, 0.3) is 0 Å². The van der Waals surface area contributed by atoms with Gasteiger partial charge in [-0.05, 0) is 35.9 Å². The molecule has 0 bridgehead atoms. The molecule has 21 heavy (non-hydrogen) atoms. The number of anilines is 1. The highest BCUT2D eigenvalue weighted by Crippen LogP contribution is 2.25. The summed E-state index contributed by atoms with van der Waals surface area (Å²) in [6, 6.07) is 9.19. The van der Waals surface area contributed by atoms with E-state index in [4.69, 9.17) is 22.1 Å². The van der Waals surface area contributed by atoms with Crippen LogP contribution >= 0.6 is 11.6 Å². The number of halogens is 2. The summed E-state index contributed by atoms with van der Waals surface area (Å²) in [5, 5.41) is 3.38. The molecule has 0 heterocycles. The molecule has 6 heteroatoms. The lowest BCUT2D eigenvalue weighted by Gasteiger charge is -2.10. The summed E-state index contributed by atoms with van der Waals surface area (Å²) < 4.78 is 18.7. The van der Waals surface area contributed by atoms with Crippen LogP contribution in [0.15, 0.2) is 36.4 Å². The normalized spacial score (nSPS) is 10.2. The van der Waals surface area contributed by atoms with Crippen LogP contribution in [0.5, 0.6) is 5.75 Å². The Morgan fingerprint density at radius 2 is 2.10 bits per heavy atom. The van der Waals surface area contributed by atoms with Crippen molar-refractivity contribution in [1.29, 1.82) is 0 Å². The van der Waals surface area contributed by atoms with Crippen molar-refractivity contribution in [3.8, 4) is 5.75 Å². The zero-order chi connectivity index (χ0) is 15.4. The average Bonchev–Trinajstić information content (AvgIpc) is 2.46. The van der Waals surface area contributed by atoms with Gasteiger partial charge in [-0.2, -0.15) is 0 Å². The maximum absolute atomic E-state index is 13.7. The SMILES string of the molecule is COc1ccc(CNc2cc(C(N)=O)ccc2F)cc1Cl. The van der Waals surface area contributed by atoms with E-state index in [2.05, 4.69) is 5.32 Å². The summed E-state index contributed by atoms with van der Waals surface area (Å²) in [5.74, 6) is -0.493. The van der Waals surface area contributed by atoms with Crippen LogP contribution in [0.2, 0.25) is 5.02 Å². The van der Waals surface area contributed by atoms with Gasteiger partial charge in [0.15, 0.2) is 0 Å². The topological polar surface area (TPSA) is 64.3 Å². The Kier molecular flexibility index (Phi) is 4.65. The number of hydrogen-bond acceptors (Lipinski definition) is 3. The number of rotatable bonds is 5. The number of nitrogens with one attached hydrogen (secondary N) is 1. The van der Waals surface area contributed by atoms with Crippen molar-refractivity contribution in [3.63, 3.8) is 0 Å². The van der Waals surface area contributed by atoms with Crippen molar-refractivity contribution >= 4 is 23.2 Å². The number of ether oxygens (including phenoxy) is 1. The molecule has 0 saturated carbocycles. The molecule has 3 N–H and O–H groups in total. The van der Waals surface area contributed by atoms with Gasteiger partial charge in [0.05, 0.1) is 17.8 Å². The zero-order valence-electron chi connectivity index (χ0n) is 11.3. The van der Waals surface area contributed by atoms with Gasteiger partial charge in [0.2, 0.25) is 5.91 Å². The number of primary amides is 1. The molecular formula is C15H14ClFN2O2. The largest absolute Gasteiger partial charge is 0.495 e. The molecule has 2 aromatic rings. The summed E-state index contributed by atoms with van der Waals surface area (Å²) in [5.41, 5.74) is 6.47. The third kappa shape index (κ3) is 3.64. The van der Waals surface area contributed by atoms with Crippen LogP contribution in [-0.2, 0) is 6.54 Å². The van der Waals surface area contributed by atoms with Gasteiger partial charge in [0, 0.05) is 12.1 Å². The van der Waals surface area contributed by atoms with E-state index in [-0.39, 0.29) is 11.3 Å². The molecule has 0 aliphatic carbocycles. The van der Waals surface area contributed by atoms with Crippen molar-refractivity contribution in [1.82, 2.24) is 0 Å². The fourth-order valence-corrected chi connectivity index (χ4v) is 2.11. The molecule has 0 unspecified atom stereocenters. The van der Waals surface area contributed by atoms with E-state index in [1.165, 1.54) is 25.3 Å². The van der Waals surface area contributed by atoms with Crippen LogP contribution in [0.25, 0.3) is 0 Å². The van der Waals surface area contributed by atoms with Crippen LogP contribution in [0, 0.1) is 5.82 Å². The molecule has 0 aliphatic heterocycles. The number of nitrogens with two attached hydrogens (primary N) is 1. The lowest BCUT2D eigenvalue weighted by Crippen LogP contribution is -2.12. The number of amides is 1. The smallest absolute Gasteiger partial charge is 0.248 e. The maximum atomic E-state index is 13.7. The molecule has 0 aromatic heterocycles. The van der Waals surface area contributed by atoms with Crippen LogP contribution in [-0.4, -0.2) is 13.0 Å². The third-order valence-corrected chi connectivity index (χ3v) is 3.25. The highest BCUT2D eigenvalue weighted by atomic mass is 35.5. The second-order valence-corrected chi connectivity index (χ2v) is 4.79. The van der Waals surface area contributed by atoms with E-state index in [1.54, 1.807) is 12.1 Å². The van der Waals surface area contributed by atoms with Crippen LogP contribution in [0.3, 0.4) is 0 Å². The van der Waals surface area contributed by atoms with Gasteiger partial charge in [0.1, 0.15) is 11.6 Å². The highest BCUT2D eigenvalue weighted by molar-refractivity contribution is 6.32. The van der Waals surface area contributed by atoms with Crippen LogP contribution in [0.4, 0.5) is 10.1 Å². The first-order valence-electron chi connectivity index (χ1n) is 6.17. The van der Waals surface area contributed by atoms with Gasteiger partial charge >= 0.3 is 0 Å². The molecule has 0 fully saturated rings. The lowest BCUT2D eigenvalue weighted by atomic mass is 10.1. The van der Waals surface area contributed by atoms with E-state index >= 15 is 0 Å². The molecule has 2 aromatic carbocycles. The zero-order valence-corrected chi connectivity index (χ0v) is 12.1. The van der Waals surface area contributed by atoms with Crippen molar-refractivity contribution in [2.45, 2.75) is 6.54 Å². The number of carbonyl (C=O) groups is 1. The number of methoxy groups -OCH3 is 1. The van der Waals surface area contributed by atoms with E-state index in [1.807, 2.05) is 6.07 Å². The van der Waals surface area contributed by atoms with Gasteiger partial charge in [-0.3, -0.25) is 4.79 Å². The molecule has 0 radical (unpaired) electrons. The predicted octanol–water partition coefficient (Wildman–Crippen LogP) is 3.20. The first-order chi connectivity index (χ1) is 10.0. The van der Waals surface area contributed by atoms with Gasteiger partial charge in [-0.1, -0.05) is 17.7 Å². The number of hydrogen-bond donors (Lipinski definition) is 2. The molecule has 2 rings (SSSR count). The lowest BCUT2D eigenvalue weighted by molar-refractivity contribution is 0.100. The van der Waals surface area contributed by atoms with Gasteiger partial charge in [-0.15, -0.1) is 0 Å². The minimum atomic E-state index is -0.606. The van der Waals surface area contributed by atoms with Crippen molar-refractivity contribution in [3.05, 3.63) is 58.4 Å². The third-order valence-electron chi connectivity index (χ3n) is 2.95. The summed E-state index contributed by atoms with van der Waals surface area (Å²) in [6.45, 7) is 0.350. The molecule has 1 amide bonds. The van der Waals surface area contributed by atoms with Gasteiger partial charge in [-0.25, -0.2) is 4.39 Å². The molecule has 0 atom stereocenters.